The van der Waals surface area contributed by atoms with Gasteiger partial charge in [-0.3, -0.25) is 4.79 Å². The molecule has 2 aromatic rings. The molecule has 0 aromatic carbocycles. The fraction of sp³-hybridized carbons (Fsp3) is 0.500. The van der Waals surface area contributed by atoms with E-state index in [9.17, 15) is 13.2 Å². The molecule has 0 bridgehead atoms. The Labute approximate surface area is 157 Å². The number of amides is 1. The zero-order chi connectivity index (χ0) is 18.8. The van der Waals surface area contributed by atoms with E-state index >= 15 is 0 Å². The van der Waals surface area contributed by atoms with E-state index in [0.717, 1.165) is 40.2 Å². The first-order chi connectivity index (χ1) is 12.2. The van der Waals surface area contributed by atoms with Crippen LogP contribution in [-0.2, 0) is 16.4 Å². The average Bonchev–Trinajstić information content (AvgIpc) is 3.27. The van der Waals surface area contributed by atoms with Crippen molar-refractivity contribution in [1.82, 2.24) is 14.9 Å². The van der Waals surface area contributed by atoms with Crippen LogP contribution in [0, 0.1) is 19.8 Å². The van der Waals surface area contributed by atoms with Crippen LogP contribution in [0.1, 0.15) is 46.4 Å². The minimum Gasteiger partial charge on any atom is -0.331 e. The topological polar surface area (TPSA) is 80.2 Å². The van der Waals surface area contributed by atoms with Crippen LogP contribution < -0.4 is 0 Å². The van der Waals surface area contributed by atoms with Crippen LogP contribution in [0.3, 0.4) is 0 Å². The Morgan fingerprint density at radius 3 is 2.50 bits per heavy atom. The summed E-state index contributed by atoms with van der Waals surface area (Å²) in [5, 5.41) is 0.798. The maximum Gasteiger partial charge on any atom is 0.257 e. The van der Waals surface area contributed by atoms with Gasteiger partial charge >= 0.3 is 0 Å². The highest BCUT2D eigenvalue weighted by Gasteiger charge is 2.41. The molecule has 0 unspecified atom stereocenters. The highest BCUT2D eigenvalue weighted by Crippen LogP contribution is 2.40. The molecule has 2 aromatic heterocycles. The lowest BCUT2D eigenvalue weighted by Gasteiger charge is -2.23. The number of aryl methyl sites for hydroxylation is 2. The molecule has 0 saturated heterocycles. The fourth-order valence-corrected chi connectivity index (χ4v) is 5.37. The quantitative estimate of drug-likeness (QED) is 0.800. The molecule has 1 aliphatic carbocycles. The average molecular weight is 392 g/mol. The summed E-state index contributed by atoms with van der Waals surface area (Å²) >= 11 is 1.49. The normalized spacial score (nSPS) is 18.3. The number of carbonyl (C=O) groups excluding carboxylic acids is 1. The third-order valence-electron chi connectivity index (χ3n) is 5.17. The van der Waals surface area contributed by atoms with Crippen LogP contribution in [0.5, 0.6) is 0 Å². The Kier molecular flexibility index (Phi) is 3.96. The van der Waals surface area contributed by atoms with E-state index in [1.54, 1.807) is 4.90 Å². The third-order valence-corrected chi connectivity index (χ3v) is 7.26. The Bertz CT molecular complexity index is 1020. The second-order valence-corrected chi connectivity index (χ2v) is 10.4. The number of pyridine rings is 1. The van der Waals surface area contributed by atoms with E-state index in [1.807, 2.05) is 26.8 Å². The lowest BCUT2D eigenvalue weighted by atomic mass is 10.1. The predicted molar refractivity (Wildman–Crippen MR) is 100.0 cm³/mol. The molecule has 1 fully saturated rings. The monoisotopic (exact) mass is 391 g/mol. The maximum absolute atomic E-state index is 13.0. The molecule has 0 radical (unpaired) electrons. The number of rotatable bonds is 4. The minimum atomic E-state index is -3.63. The number of thiazole rings is 1. The van der Waals surface area contributed by atoms with Crippen molar-refractivity contribution in [3.63, 3.8) is 0 Å². The first-order valence-electron chi connectivity index (χ1n) is 8.66. The summed E-state index contributed by atoms with van der Waals surface area (Å²) in [5.74, 6) is 0.310. The number of hydrogen-bond donors (Lipinski definition) is 0. The van der Waals surface area contributed by atoms with Crippen molar-refractivity contribution in [2.24, 2.45) is 5.92 Å². The van der Waals surface area contributed by atoms with Crippen molar-refractivity contribution in [3.8, 4) is 10.6 Å². The van der Waals surface area contributed by atoms with Gasteiger partial charge in [0.2, 0.25) is 0 Å². The van der Waals surface area contributed by atoms with Gasteiger partial charge in [-0.05, 0) is 51.2 Å². The van der Waals surface area contributed by atoms with Crippen LogP contribution in [-0.4, -0.2) is 41.5 Å². The molecule has 1 atom stereocenters. The molecule has 1 amide bonds. The van der Waals surface area contributed by atoms with Crippen LogP contribution in [0.2, 0.25) is 0 Å². The number of hydrogen-bond acceptors (Lipinski definition) is 6. The Balaban J connectivity index is 1.87. The van der Waals surface area contributed by atoms with Gasteiger partial charge in [0.15, 0.2) is 14.9 Å². The first-order valence-corrected chi connectivity index (χ1v) is 11.4. The summed E-state index contributed by atoms with van der Waals surface area (Å²) in [7, 11) is -3.63. The molecule has 0 spiro atoms. The minimum absolute atomic E-state index is 0.106. The van der Waals surface area contributed by atoms with Gasteiger partial charge in [0.05, 0.1) is 26.8 Å². The van der Waals surface area contributed by atoms with Gasteiger partial charge in [-0.1, -0.05) is 0 Å². The Hall–Kier alpha value is -1.80. The van der Waals surface area contributed by atoms with E-state index in [4.69, 9.17) is 0 Å². The maximum atomic E-state index is 13.0. The van der Waals surface area contributed by atoms with E-state index in [1.165, 1.54) is 11.3 Å². The zero-order valence-corrected chi connectivity index (χ0v) is 16.9. The fourth-order valence-electron chi connectivity index (χ4n) is 3.64. The predicted octanol–water partition coefficient (Wildman–Crippen LogP) is 2.98. The third kappa shape index (κ3) is 2.85. The van der Waals surface area contributed by atoms with Gasteiger partial charge in [0, 0.05) is 18.8 Å². The molecule has 8 heteroatoms. The highest BCUT2D eigenvalue weighted by molar-refractivity contribution is 7.90. The number of sulfone groups is 1. The summed E-state index contributed by atoms with van der Waals surface area (Å²) in [6.07, 6.45) is 3.37. The molecule has 1 saturated carbocycles. The van der Waals surface area contributed by atoms with Crippen LogP contribution in [0.4, 0.5) is 0 Å². The van der Waals surface area contributed by atoms with Crippen LogP contribution in [0.15, 0.2) is 11.1 Å². The molecule has 26 heavy (non-hydrogen) atoms. The SMILES string of the molecule is Cc1nc(C)c(-c2cc3c(c(S(C)(=O)=O)n2)C(=O)N([C@@H](C)C2CC2)C3)s1. The summed E-state index contributed by atoms with van der Waals surface area (Å²) < 4.78 is 24.8. The molecule has 6 nitrogen and oxygen atoms in total. The van der Waals surface area contributed by atoms with E-state index in [2.05, 4.69) is 9.97 Å². The number of aromatic nitrogens is 2. The first kappa shape index (κ1) is 17.6. The smallest absolute Gasteiger partial charge is 0.257 e. The highest BCUT2D eigenvalue weighted by atomic mass is 32.2. The van der Waals surface area contributed by atoms with Gasteiger partial charge in [-0.15, -0.1) is 11.3 Å². The number of carbonyl (C=O) groups is 1. The van der Waals surface area contributed by atoms with Crippen molar-refractivity contribution in [2.45, 2.75) is 51.2 Å². The van der Waals surface area contributed by atoms with Crippen molar-refractivity contribution >= 4 is 27.1 Å². The second-order valence-electron chi connectivity index (χ2n) is 7.28. The van der Waals surface area contributed by atoms with Crippen LogP contribution >= 0.6 is 11.3 Å². The zero-order valence-electron chi connectivity index (χ0n) is 15.2. The van der Waals surface area contributed by atoms with Crippen molar-refractivity contribution < 1.29 is 13.2 Å². The largest absolute Gasteiger partial charge is 0.331 e. The lowest BCUT2D eigenvalue weighted by Crippen LogP contribution is -2.35. The van der Waals surface area contributed by atoms with Gasteiger partial charge in [-0.2, -0.15) is 0 Å². The molecule has 1 aliphatic heterocycles. The Morgan fingerprint density at radius 2 is 1.96 bits per heavy atom. The van der Waals surface area contributed by atoms with E-state index in [-0.39, 0.29) is 22.5 Å². The summed E-state index contributed by atoms with van der Waals surface area (Å²) in [6.45, 7) is 6.29. The van der Waals surface area contributed by atoms with Gasteiger partial charge in [0.25, 0.3) is 5.91 Å². The summed E-state index contributed by atoms with van der Waals surface area (Å²) in [6, 6.07) is 1.99. The molecular weight excluding hydrogens is 370 g/mol. The van der Waals surface area contributed by atoms with Gasteiger partial charge in [-0.25, -0.2) is 18.4 Å². The van der Waals surface area contributed by atoms with Gasteiger partial charge in [0.1, 0.15) is 0 Å². The molecule has 4 rings (SSSR count). The van der Waals surface area contributed by atoms with Crippen LogP contribution in [0.25, 0.3) is 10.6 Å². The Morgan fingerprint density at radius 1 is 1.27 bits per heavy atom. The van der Waals surface area contributed by atoms with Crippen molar-refractivity contribution in [3.05, 3.63) is 27.9 Å². The molecule has 138 valence electrons. The lowest BCUT2D eigenvalue weighted by molar-refractivity contribution is 0.0694. The van der Waals surface area contributed by atoms with Crippen molar-refractivity contribution in [1.29, 1.82) is 0 Å². The van der Waals surface area contributed by atoms with Gasteiger partial charge < -0.3 is 4.90 Å². The second kappa shape index (κ2) is 5.85. The summed E-state index contributed by atoms with van der Waals surface area (Å²) in [4.78, 5) is 24.4. The molecule has 2 aliphatic rings. The molecule has 3 heterocycles. The number of fused-ring (bicyclic) bond motifs is 1. The van der Waals surface area contributed by atoms with Crippen molar-refractivity contribution in [2.75, 3.05) is 6.26 Å². The molecule has 0 N–H and O–H groups in total. The standard InChI is InChI=1S/C18H21N3O3S2/c1-9-16(25-11(3)19-9)14-7-13-8-21(10(2)12-5-6-12)18(22)15(13)17(20-14)26(4,23)24/h7,10,12H,5-6,8H2,1-4H3/t10-/m0/s1. The molecular formula is C18H21N3O3S2. The van der Waals surface area contributed by atoms with E-state index in [0.29, 0.717) is 18.2 Å². The number of nitrogens with zero attached hydrogens (tertiary/aromatic N) is 3. The van der Waals surface area contributed by atoms with E-state index < -0.39 is 9.84 Å². The summed E-state index contributed by atoms with van der Waals surface area (Å²) in [5.41, 5.74) is 2.41.